The van der Waals surface area contributed by atoms with Crippen molar-refractivity contribution in [3.63, 3.8) is 0 Å². The normalized spacial score (nSPS) is 15.9. The van der Waals surface area contributed by atoms with E-state index in [1.165, 1.54) is 0 Å². The van der Waals surface area contributed by atoms with Gasteiger partial charge < -0.3 is 14.9 Å². The molecular weight excluding hydrogens is 252 g/mol. The van der Waals surface area contributed by atoms with E-state index in [1.54, 1.807) is 6.92 Å². The summed E-state index contributed by atoms with van der Waals surface area (Å²) in [6.07, 6.45) is 0.0631. The Labute approximate surface area is 122 Å². The molecule has 0 fully saturated rings. The Morgan fingerprint density at radius 2 is 1.75 bits per heavy atom. The van der Waals surface area contributed by atoms with E-state index in [4.69, 9.17) is 4.74 Å². The Bertz CT molecular complexity index is 388. The fraction of sp³-hybridized carbons (Fsp3) is 0.647. The van der Waals surface area contributed by atoms with E-state index < -0.39 is 12.2 Å². The van der Waals surface area contributed by atoms with Crippen LogP contribution >= 0.6 is 0 Å². The molecule has 0 saturated carbocycles. The molecule has 0 aliphatic heterocycles. The second-order valence-electron chi connectivity index (χ2n) is 5.89. The summed E-state index contributed by atoms with van der Waals surface area (Å²) >= 11 is 0. The molecule has 3 unspecified atom stereocenters. The highest BCUT2D eigenvalue weighted by Gasteiger charge is 2.21. The van der Waals surface area contributed by atoms with Gasteiger partial charge in [-0.3, -0.25) is 0 Å². The van der Waals surface area contributed by atoms with Crippen molar-refractivity contribution in [2.75, 3.05) is 6.61 Å². The second-order valence-corrected chi connectivity index (χ2v) is 5.89. The van der Waals surface area contributed by atoms with Gasteiger partial charge in [0.25, 0.3) is 0 Å². The Morgan fingerprint density at radius 1 is 1.10 bits per heavy atom. The molecule has 0 amide bonds. The number of hydrogen-bond donors (Lipinski definition) is 2. The molecule has 114 valence electrons. The number of rotatable bonds is 8. The molecule has 3 heteroatoms. The van der Waals surface area contributed by atoms with Crippen LogP contribution < -0.4 is 4.74 Å². The molecule has 1 rings (SSSR count). The van der Waals surface area contributed by atoms with Gasteiger partial charge in [0.15, 0.2) is 0 Å². The predicted molar refractivity (Wildman–Crippen MR) is 82.1 cm³/mol. The van der Waals surface area contributed by atoms with Gasteiger partial charge in [0.05, 0.1) is 18.8 Å². The van der Waals surface area contributed by atoms with Crippen molar-refractivity contribution >= 4 is 0 Å². The molecule has 0 aromatic heterocycles. The Morgan fingerprint density at radius 3 is 2.30 bits per heavy atom. The molecule has 1 aromatic carbocycles. The molecule has 0 aliphatic carbocycles. The summed E-state index contributed by atoms with van der Waals surface area (Å²) in [6.45, 7) is 8.65. The standard InChI is InChI=1S/C17H28O3/c1-5-14(10-16(19)13(4)18)15-8-6-7-9-17(15)20-11-12(2)3/h6-9,12-14,16,18-19H,5,10-11H2,1-4H3. The number of benzene rings is 1. The lowest BCUT2D eigenvalue weighted by molar-refractivity contribution is 0.0213. The van der Waals surface area contributed by atoms with Gasteiger partial charge in [0.1, 0.15) is 5.75 Å². The van der Waals surface area contributed by atoms with Crippen molar-refractivity contribution in [3.05, 3.63) is 29.8 Å². The average molecular weight is 280 g/mol. The highest BCUT2D eigenvalue weighted by molar-refractivity contribution is 5.36. The van der Waals surface area contributed by atoms with Crippen LogP contribution in [0.15, 0.2) is 24.3 Å². The fourth-order valence-electron chi connectivity index (χ4n) is 2.21. The van der Waals surface area contributed by atoms with Crippen LogP contribution in [0, 0.1) is 5.92 Å². The van der Waals surface area contributed by atoms with E-state index >= 15 is 0 Å². The zero-order valence-electron chi connectivity index (χ0n) is 13.0. The molecular formula is C17H28O3. The maximum absolute atomic E-state index is 9.91. The van der Waals surface area contributed by atoms with Crippen LogP contribution in [-0.2, 0) is 0 Å². The molecule has 1 aromatic rings. The minimum atomic E-state index is -0.701. The molecule has 3 nitrogen and oxygen atoms in total. The van der Waals surface area contributed by atoms with Gasteiger partial charge in [-0.2, -0.15) is 0 Å². The van der Waals surface area contributed by atoms with Gasteiger partial charge >= 0.3 is 0 Å². The topological polar surface area (TPSA) is 49.7 Å². The zero-order chi connectivity index (χ0) is 15.1. The van der Waals surface area contributed by atoms with Crippen LogP contribution in [0.4, 0.5) is 0 Å². The second kappa shape index (κ2) is 8.28. The van der Waals surface area contributed by atoms with Crippen LogP contribution in [0.1, 0.15) is 52.0 Å². The summed E-state index contributed by atoms with van der Waals surface area (Å²) in [5.41, 5.74) is 1.12. The average Bonchev–Trinajstić information content (AvgIpc) is 2.42. The van der Waals surface area contributed by atoms with Gasteiger partial charge in [-0.25, -0.2) is 0 Å². The Balaban J connectivity index is 2.85. The summed E-state index contributed by atoms with van der Waals surface area (Å²) in [7, 11) is 0. The molecule has 0 bridgehead atoms. The minimum Gasteiger partial charge on any atom is -0.493 e. The van der Waals surface area contributed by atoms with E-state index in [9.17, 15) is 10.2 Å². The zero-order valence-corrected chi connectivity index (χ0v) is 13.0. The van der Waals surface area contributed by atoms with Gasteiger partial charge in [-0.15, -0.1) is 0 Å². The summed E-state index contributed by atoms with van der Waals surface area (Å²) < 4.78 is 5.88. The molecule has 3 atom stereocenters. The van der Waals surface area contributed by atoms with Gasteiger partial charge in [-0.05, 0) is 43.2 Å². The van der Waals surface area contributed by atoms with Crippen molar-refractivity contribution in [1.29, 1.82) is 0 Å². The van der Waals surface area contributed by atoms with Crippen molar-refractivity contribution in [3.8, 4) is 5.75 Å². The molecule has 20 heavy (non-hydrogen) atoms. The third-order valence-electron chi connectivity index (χ3n) is 3.51. The number of hydrogen-bond acceptors (Lipinski definition) is 3. The van der Waals surface area contributed by atoms with Crippen molar-refractivity contribution in [2.45, 2.75) is 58.7 Å². The maximum Gasteiger partial charge on any atom is 0.122 e. The van der Waals surface area contributed by atoms with Gasteiger partial charge in [-0.1, -0.05) is 39.0 Å². The monoisotopic (exact) mass is 280 g/mol. The lowest BCUT2D eigenvalue weighted by atomic mass is 9.89. The smallest absolute Gasteiger partial charge is 0.122 e. The summed E-state index contributed by atoms with van der Waals surface area (Å²) in [5, 5.41) is 19.4. The first-order chi connectivity index (χ1) is 9.45. The van der Waals surface area contributed by atoms with Crippen LogP contribution in [0.3, 0.4) is 0 Å². The minimum absolute atomic E-state index is 0.197. The third kappa shape index (κ3) is 5.14. The first-order valence-electron chi connectivity index (χ1n) is 7.53. The quantitative estimate of drug-likeness (QED) is 0.768. The Kier molecular flexibility index (Phi) is 7.03. The molecule has 0 heterocycles. The third-order valence-corrected chi connectivity index (χ3v) is 3.51. The van der Waals surface area contributed by atoms with Gasteiger partial charge in [0.2, 0.25) is 0 Å². The van der Waals surface area contributed by atoms with Crippen LogP contribution in [0.5, 0.6) is 5.75 Å². The highest BCUT2D eigenvalue weighted by atomic mass is 16.5. The number of aliphatic hydroxyl groups excluding tert-OH is 2. The number of ether oxygens (including phenoxy) is 1. The summed E-state index contributed by atoms with van der Waals surface area (Å²) in [4.78, 5) is 0. The first-order valence-corrected chi connectivity index (χ1v) is 7.53. The predicted octanol–water partition coefficient (Wildman–Crippen LogP) is 3.35. The first kappa shape index (κ1) is 17.0. The SMILES string of the molecule is CCC(CC(O)C(C)O)c1ccccc1OCC(C)C. The Hall–Kier alpha value is -1.06. The molecule has 0 aliphatic rings. The van der Waals surface area contributed by atoms with Crippen molar-refractivity contribution < 1.29 is 14.9 Å². The summed E-state index contributed by atoms with van der Waals surface area (Å²) in [6, 6.07) is 8.00. The molecule has 0 radical (unpaired) electrons. The maximum atomic E-state index is 9.91. The molecule has 0 saturated heterocycles. The van der Waals surface area contributed by atoms with E-state index in [0.29, 0.717) is 18.9 Å². The largest absolute Gasteiger partial charge is 0.493 e. The van der Waals surface area contributed by atoms with E-state index in [1.807, 2.05) is 18.2 Å². The van der Waals surface area contributed by atoms with E-state index in [2.05, 4.69) is 26.8 Å². The van der Waals surface area contributed by atoms with Crippen LogP contribution in [0.25, 0.3) is 0 Å². The number of para-hydroxylation sites is 1. The van der Waals surface area contributed by atoms with Crippen molar-refractivity contribution in [2.24, 2.45) is 5.92 Å². The van der Waals surface area contributed by atoms with Crippen LogP contribution in [0.2, 0.25) is 0 Å². The fourth-order valence-corrected chi connectivity index (χ4v) is 2.21. The van der Waals surface area contributed by atoms with Crippen molar-refractivity contribution in [1.82, 2.24) is 0 Å². The number of aliphatic hydroxyl groups is 2. The van der Waals surface area contributed by atoms with E-state index in [0.717, 1.165) is 17.7 Å². The van der Waals surface area contributed by atoms with Gasteiger partial charge in [0, 0.05) is 0 Å². The molecule has 2 N–H and O–H groups in total. The molecule has 0 spiro atoms. The lowest BCUT2D eigenvalue weighted by Gasteiger charge is -2.23. The van der Waals surface area contributed by atoms with E-state index in [-0.39, 0.29) is 5.92 Å². The summed E-state index contributed by atoms with van der Waals surface area (Å²) in [5.74, 6) is 1.57. The van der Waals surface area contributed by atoms with Crippen LogP contribution in [-0.4, -0.2) is 29.0 Å². The lowest BCUT2D eigenvalue weighted by Crippen LogP contribution is -2.25. The highest BCUT2D eigenvalue weighted by Crippen LogP contribution is 2.33.